The number of halogens is 3. The third-order valence-corrected chi connectivity index (χ3v) is 5.01. The van der Waals surface area contributed by atoms with Gasteiger partial charge in [-0.05, 0) is 57.9 Å². The molecule has 1 nitrogen and oxygen atoms in total. The molecule has 18 heavy (non-hydrogen) atoms. The first-order valence-corrected chi connectivity index (χ1v) is 7.51. The molecular formula is C13H12BrClFNS. The van der Waals surface area contributed by atoms with Gasteiger partial charge in [0.15, 0.2) is 0 Å². The Morgan fingerprint density at radius 3 is 2.61 bits per heavy atom. The summed E-state index contributed by atoms with van der Waals surface area (Å²) < 4.78 is 14.8. The number of hydrogen-bond acceptors (Lipinski definition) is 2. The van der Waals surface area contributed by atoms with Crippen LogP contribution in [-0.4, -0.2) is 7.05 Å². The van der Waals surface area contributed by atoms with Gasteiger partial charge in [0, 0.05) is 10.0 Å². The molecule has 0 radical (unpaired) electrons. The van der Waals surface area contributed by atoms with Crippen LogP contribution in [0.1, 0.15) is 22.7 Å². The number of hydrogen-bond donors (Lipinski definition) is 1. The van der Waals surface area contributed by atoms with Crippen LogP contribution in [0, 0.1) is 12.7 Å². The minimum Gasteiger partial charge on any atom is -0.309 e. The van der Waals surface area contributed by atoms with Crippen LogP contribution in [0.25, 0.3) is 0 Å². The molecule has 0 amide bonds. The summed E-state index contributed by atoms with van der Waals surface area (Å²) in [7, 11) is 1.82. The van der Waals surface area contributed by atoms with Gasteiger partial charge in [-0.25, -0.2) is 4.39 Å². The van der Waals surface area contributed by atoms with Crippen molar-refractivity contribution in [1.29, 1.82) is 0 Å². The maximum atomic E-state index is 14.2. The summed E-state index contributed by atoms with van der Waals surface area (Å²) in [6.07, 6.45) is 0. The second kappa shape index (κ2) is 5.70. The molecule has 1 unspecified atom stereocenters. The van der Waals surface area contributed by atoms with Crippen molar-refractivity contribution >= 4 is 38.9 Å². The molecule has 2 rings (SSSR count). The van der Waals surface area contributed by atoms with Crippen LogP contribution >= 0.6 is 38.9 Å². The van der Waals surface area contributed by atoms with Crippen LogP contribution in [0.15, 0.2) is 27.4 Å². The lowest BCUT2D eigenvalue weighted by Crippen LogP contribution is -2.19. The van der Waals surface area contributed by atoms with Gasteiger partial charge in [-0.1, -0.05) is 17.7 Å². The van der Waals surface area contributed by atoms with Crippen LogP contribution in [-0.2, 0) is 0 Å². The number of benzene rings is 1. The summed E-state index contributed by atoms with van der Waals surface area (Å²) >= 11 is 10.8. The van der Waals surface area contributed by atoms with Gasteiger partial charge in [-0.3, -0.25) is 0 Å². The maximum Gasteiger partial charge on any atom is 0.148 e. The molecule has 0 aliphatic heterocycles. The van der Waals surface area contributed by atoms with E-state index in [0.717, 1.165) is 11.1 Å². The van der Waals surface area contributed by atoms with Gasteiger partial charge in [0.1, 0.15) is 5.82 Å². The lowest BCUT2D eigenvalue weighted by Gasteiger charge is -2.18. The zero-order valence-corrected chi connectivity index (χ0v) is 13.1. The van der Waals surface area contributed by atoms with Gasteiger partial charge in [0.05, 0.1) is 11.1 Å². The molecule has 0 saturated carbocycles. The van der Waals surface area contributed by atoms with E-state index in [1.807, 2.05) is 19.4 Å². The third-order valence-electron chi connectivity index (χ3n) is 2.87. The van der Waals surface area contributed by atoms with Gasteiger partial charge in [-0.2, -0.15) is 11.3 Å². The van der Waals surface area contributed by atoms with E-state index in [0.29, 0.717) is 10.0 Å². The first-order chi connectivity index (χ1) is 8.56. The standard InChI is InChI=1S/C13H12BrClFNS/c1-7-5-18-6-9(7)13(17-2)8-3-4-10(14)11(15)12(8)16/h3-6,13,17H,1-2H3. The molecule has 0 bridgehead atoms. The van der Waals surface area contributed by atoms with E-state index < -0.39 is 0 Å². The third kappa shape index (κ3) is 2.48. The second-order valence-corrected chi connectivity index (χ2v) is 5.97. The molecule has 0 spiro atoms. The Labute approximate surface area is 123 Å². The monoisotopic (exact) mass is 347 g/mol. The molecule has 1 N–H and O–H groups in total. The fourth-order valence-electron chi connectivity index (χ4n) is 1.91. The fraction of sp³-hybridized carbons (Fsp3) is 0.231. The van der Waals surface area contributed by atoms with Crippen molar-refractivity contribution in [1.82, 2.24) is 5.32 Å². The van der Waals surface area contributed by atoms with E-state index in [4.69, 9.17) is 11.6 Å². The van der Waals surface area contributed by atoms with Gasteiger partial charge in [0.25, 0.3) is 0 Å². The largest absolute Gasteiger partial charge is 0.309 e. The first kappa shape index (κ1) is 14.0. The average molecular weight is 349 g/mol. The smallest absolute Gasteiger partial charge is 0.148 e. The molecule has 1 aromatic carbocycles. The zero-order valence-electron chi connectivity index (χ0n) is 9.93. The Morgan fingerprint density at radius 2 is 2.06 bits per heavy atom. The Hall–Kier alpha value is -0.420. The maximum absolute atomic E-state index is 14.2. The highest BCUT2D eigenvalue weighted by Crippen LogP contribution is 2.34. The molecular weight excluding hydrogens is 337 g/mol. The lowest BCUT2D eigenvalue weighted by atomic mass is 9.98. The Morgan fingerprint density at radius 1 is 1.33 bits per heavy atom. The van der Waals surface area contributed by atoms with Crippen LogP contribution < -0.4 is 5.32 Å². The molecule has 96 valence electrons. The zero-order chi connectivity index (χ0) is 13.3. The highest BCUT2D eigenvalue weighted by atomic mass is 79.9. The Kier molecular flexibility index (Phi) is 4.43. The predicted molar refractivity (Wildman–Crippen MR) is 79.1 cm³/mol. The van der Waals surface area contributed by atoms with Crippen molar-refractivity contribution in [3.63, 3.8) is 0 Å². The molecule has 2 aromatic rings. The van der Waals surface area contributed by atoms with E-state index in [1.165, 1.54) is 0 Å². The minimum atomic E-state index is -0.379. The quantitative estimate of drug-likeness (QED) is 0.776. The molecule has 1 aromatic heterocycles. The highest BCUT2D eigenvalue weighted by Gasteiger charge is 2.21. The summed E-state index contributed by atoms with van der Waals surface area (Å²) in [5.74, 6) is -0.379. The number of aryl methyl sites for hydroxylation is 1. The molecule has 1 heterocycles. The van der Waals surface area contributed by atoms with E-state index in [1.54, 1.807) is 23.5 Å². The second-order valence-electron chi connectivity index (χ2n) is 4.00. The summed E-state index contributed by atoms with van der Waals surface area (Å²) in [5.41, 5.74) is 2.80. The number of nitrogens with one attached hydrogen (secondary N) is 1. The predicted octanol–water partition coefficient (Wildman–Crippen LogP) is 4.92. The van der Waals surface area contributed by atoms with Gasteiger partial charge in [0.2, 0.25) is 0 Å². The SMILES string of the molecule is CNC(c1cscc1C)c1ccc(Br)c(Cl)c1F. The van der Waals surface area contributed by atoms with Crippen molar-refractivity contribution in [3.05, 3.63) is 54.9 Å². The van der Waals surface area contributed by atoms with Crippen LogP contribution in [0.5, 0.6) is 0 Å². The van der Waals surface area contributed by atoms with Gasteiger partial charge < -0.3 is 5.32 Å². The Balaban J connectivity index is 2.53. The lowest BCUT2D eigenvalue weighted by molar-refractivity contribution is 0.575. The summed E-state index contributed by atoms with van der Waals surface area (Å²) in [5, 5.41) is 7.35. The van der Waals surface area contributed by atoms with Crippen LogP contribution in [0.3, 0.4) is 0 Å². The summed E-state index contributed by atoms with van der Waals surface area (Å²) in [4.78, 5) is 0. The molecule has 5 heteroatoms. The molecule has 0 fully saturated rings. The molecule has 1 atom stereocenters. The Bertz CT molecular complexity index is 570. The van der Waals surface area contributed by atoms with E-state index in [2.05, 4.69) is 26.6 Å². The highest BCUT2D eigenvalue weighted by molar-refractivity contribution is 9.10. The van der Waals surface area contributed by atoms with Gasteiger partial charge in [-0.15, -0.1) is 0 Å². The molecule has 0 aliphatic rings. The summed E-state index contributed by atoms with van der Waals surface area (Å²) in [6, 6.07) is 3.35. The number of thiophene rings is 1. The van der Waals surface area contributed by atoms with Crippen molar-refractivity contribution in [2.45, 2.75) is 13.0 Å². The van der Waals surface area contributed by atoms with E-state index >= 15 is 0 Å². The van der Waals surface area contributed by atoms with Gasteiger partial charge >= 0.3 is 0 Å². The van der Waals surface area contributed by atoms with Crippen LogP contribution in [0.4, 0.5) is 4.39 Å². The van der Waals surface area contributed by atoms with Crippen molar-refractivity contribution in [2.75, 3.05) is 7.05 Å². The van der Waals surface area contributed by atoms with Crippen LogP contribution in [0.2, 0.25) is 5.02 Å². The average Bonchev–Trinajstić information content (AvgIpc) is 2.77. The first-order valence-electron chi connectivity index (χ1n) is 5.39. The van der Waals surface area contributed by atoms with E-state index in [9.17, 15) is 4.39 Å². The fourth-order valence-corrected chi connectivity index (χ4v) is 3.26. The minimum absolute atomic E-state index is 0.126. The summed E-state index contributed by atoms with van der Waals surface area (Å²) in [6.45, 7) is 2.02. The van der Waals surface area contributed by atoms with Crippen molar-refractivity contribution in [2.24, 2.45) is 0 Å². The topological polar surface area (TPSA) is 12.0 Å². The van der Waals surface area contributed by atoms with E-state index in [-0.39, 0.29) is 16.9 Å². The molecule has 0 saturated heterocycles. The normalized spacial score (nSPS) is 12.7. The molecule has 0 aliphatic carbocycles. The van der Waals surface area contributed by atoms with Crippen molar-refractivity contribution in [3.8, 4) is 0 Å². The number of rotatable bonds is 3. The van der Waals surface area contributed by atoms with Crippen molar-refractivity contribution < 1.29 is 4.39 Å².